The number of H-pyrrole nitrogens is 1. The van der Waals surface area contributed by atoms with Gasteiger partial charge in [0.2, 0.25) is 15.8 Å². The Morgan fingerprint density at radius 3 is 2.17 bits per heavy atom. The number of nitrogens with zero attached hydrogens (tertiary/aromatic N) is 1. The van der Waals surface area contributed by atoms with Crippen LogP contribution in [0.15, 0.2) is 90.0 Å². The SMILES string of the molecule is CCN(CC)S(=O)(=O)c1ccc(C(=O)O[C@H](C(=O)c2c[nH]c3ccccc23)c2ccccc2)cc1. The largest absolute Gasteiger partial charge is 0.445 e. The molecule has 1 N–H and O–H groups in total. The molecule has 1 heterocycles. The highest BCUT2D eigenvalue weighted by Crippen LogP contribution is 2.28. The molecule has 4 aromatic rings. The second-order valence-electron chi connectivity index (χ2n) is 7.92. The molecule has 8 heteroatoms. The number of rotatable bonds is 9. The molecule has 180 valence electrons. The average molecular weight is 491 g/mol. The van der Waals surface area contributed by atoms with Crippen molar-refractivity contribution < 1.29 is 22.7 Å². The maximum absolute atomic E-state index is 13.5. The number of para-hydroxylation sites is 1. The van der Waals surface area contributed by atoms with Crippen molar-refractivity contribution in [2.45, 2.75) is 24.8 Å². The third-order valence-electron chi connectivity index (χ3n) is 5.85. The predicted molar refractivity (Wildman–Crippen MR) is 134 cm³/mol. The normalized spacial score (nSPS) is 12.5. The summed E-state index contributed by atoms with van der Waals surface area (Å²) in [6.07, 6.45) is 0.450. The van der Waals surface area contributed by atoms with Gasteiger partial charge in [0.25, 0.3) is 0 Å². The lowest BCUT2D eigenvalue weighted by Crippen LogP contribution is -2.30. The predicted octanol–water partition coefficient (Wildman–Crippen LogP) is 4.98. The van der Waals surface area contributed by atoms with Crippen molar-refractivity contribution in [1.29, 1.82) is 0 Å². The molecule has 0 amide bonds. The Hall–Kier alpha value is -3.75. The van der Waals surface area contributed by atoms with Gasteiger partial charge in [-0.1, -0.05) is 62.4 Å². The van der Waals surface area contributed by atoms with Crippen LogP contribution in [0.4, 0.5) is 0 Å². The summed E-state index contributed by atoms with van der Waals surface area (Å²) in [6.45, 7) is 4.22. The van der Waals surface area contributed by atoms with E-state index in [0.29, 0.717) is 24.2 Å². The molecule has 0 saturated carbocycles. The minimum Gasteiger partial charge on any atom is -0.445 e. The lowest BCUT2D eigenvalue weighted by Gasteiger charge is -2.19. The summed E-state index contributed by atoms with van der Waals surface area (Å²) in [6, 6.07) is 21.8. The number of carbonyl (C=O) groups is 2. The molecular weight excluding hydrogens is 464 g/mol. The molecule has 0 fully saturated rings. The van der Waals surface area contributed by atoms with Gasteiger partial charge in [-0.3, -0.25) is 4.79 Å². The van der Waals surface area contributed by atoms with Crippen LogP contribution in [0.1, 0.15) is 46.2 Å². The van der Waals surface area contributed by atoms with Crippen molar-refractivity contribution >= 4 is 32.7 Å². The number of aromatic nitrogens is 1. The highest BCUT2D eigenvalue weighted by Gasteiger charge is 2.29. The molecule has 3 aromatic carbocycles. The van der Waals surface area contributed by atoms with Crippen LogP contribution in [0.2, 0.25) is 0 Å². The van der Waals surface area contributed by atoms with E-state index in [0.717, 1.165) is 10.9 Å². The van der Waals surface area contributed by atoms with Crippen LogP contribution in [0.5, 0.6) is 0 Å². The summed E-state index contributed by atoms with van der Waals surface area (Å²) < 4.78 is 32.5. The van der Waals surface area contributed by atoms with Crippen LogP contribution in [0.25, 0.3) is 10.9 Å². The zero-order valence-corrected chi connectivity index (χ0v) is 20.3. The summed E-state index contributed by atoms with van der Waals surface area (Å²) in [7, 11) is -3.65. The van der Waals surface area contributed by atoms with Gasteiger partial charge in [-0.25, -0.2) is 13.2 Å². The van der Waals surface area contributed by atoms with Gasteiger partial charge < -0.3 is 9.72 Å². The molecule has 0 spiro atoms. The summed E-state index contributed by atoms with van der Waals surface area (Å²) in [5.74, 6) is -1.08. The Morgan fingerprint density at radius 2 is 1.51 bits per heavy atom. The fraction of sp³-hybridized carbons (Fsp3) is 0.185. The van der Waals surface area contributed by atoms with E-state index >= 15 is 0 Å². The lowest BCUT2D eigenvalue weighted by molar-refractivity contribution is 0.0280. The Kier molecular flexibility index (Phi) is 7.14. The third kappa shape index (κ3) is 4.89. The summed E-state index contributed by atoms with van der Waals surface area (Å²) in [4.78, 5) is 29.7. The van der Waals surface area contributed by atoms with Crippen molar-refractivity contribution in [2.75, 3.05) is 13.1 Å². The second-order valence-corrected chi connectivity index (χ2v) is 9.86. The maximum atomic E-state index is 13.5. The third-order valence-corrected chi connectivity index (χ3v) is 7.92. The molecule has 0 saturated heterocycles. The monoisotopic (exact) mass is 490 g/mol. The van der Waals surface area contributed by atoms with Crippen LogP contribution in [-0.4, -0.2) is 42.5 Å². The average Bonchev–Trinajstić information content (AvgIpc) is 3.32. The standard InChI is InChI=1S/C27H26N2O5S/c1-3-29(4-2)35(32,33)21-16-14-20(15-17-21)27(31)34-26(19-10-6-5-7-11-19)25(30)23-18-28-24-13-9-8-12-22(23)24/h5-18,26,28H,3-4H2,1-2H3/t26-/m0/s1. The number of ketones is 1. The molecular formula is C27H26N2O5S. The summed E-state index contributed by atoms with van der Waals surface area (Å²) in [5.41, 5.74) is 1.91. The van der Waals surface area contributed by atoms with Gasteiger partial charge in [0.05, 0.1) is 10.5 Å². The number of carbonyl (C=O) groups excluding carboxylic acids is 2. The molecule has 7 nitrogen and oxygen atoms in total. The van der Waals surface area contributed by atoms with Gasteiger partial charge in [-0.2, -0.15) is 4.31 Å². The molecule has 0 unspecified atom stereocenters. The van der Waals surface area contributed by atoms with Gasteiger partial charge in [0.15, 0.2) is 6.10 Å². The van der Waals surface area contributed by atoms with Crippen LogP contribution in [0, 0.1) is 0 Å². The van der Waals surface area contributed by atoms with E-state index in [1.165, 1.54) is 28.6 Å². The fourth-order valence-electron chi connectivity index (χ4n) is 3.97. The number of benzene rings is 3. The smallest absolute Gasteiger partial charge is 0.339 e. The van der Waals surface area contributed by atoms with Gasteiger partial charge >= 0.3 is 5.97 Å². The van der Waals surface area contributed by atoms with E-state index in [9.17, 15) is 18.0 Å². The van der Waals surface area contributed by atoms with E-state index in [2.05, 4.69) is 4.98 Å². The van der Waals surface area contributed by atoms with E-state index in [4.69, 9.17) is 4.74 Å². The molecule has 1 aromatic heterocycles. The molecule has 4 rings (SSSR count). The zero-order valence-electron chi connectivity index (χ0n) is 19.5. The first-order valence-electron chi connectivity index (χ1n) is 11.3. The number of hydrogen-bond donors (Lipinski definition) is 1. The van der Waals surface area contributed by atoms with Gasteiger partial charge in [-0.05, 0) is 30.3 Å². The Morgan fingerprint density at radius 1 is 0.886 bits per heavy atom. The number of aromatic amines is 1. The van der Waals surface area contributed by atoms with Crippen molar-refractivity contribution in [3.8, 4) is 0 Å². The van der Waals surface area contributed by atoms with Crippen LogP contribution >= 0.6 is 0 Å². The van der Waals surface area contributed by atoms with Gasteiger partial charge in [0.1, 0.15) is 0 Å². The van der Waals surface area contributed by atoms with Crippen LogP contribution in [0.3, 0.4) is 0 Å². The number of esters is 1. The molecule has 0 aliphatic carbocycles. The first kappa shape index (κ1) is 24.4. The number of Topliss-reactive ketones (excluding diaryl/α,β-unsaturated/α-hetero) is 1. The lowest BCUT2D eigenvalue weighted by atomic mass is 9.99. The second kappa shape index (κ2) is 10.2. The summed E-state index contributed by atoms with van der Waals surface area (Å²) >= 11 is 0. The first-order chi connectivity index (χ1) is 16.9. The maximum Gasteiger partial charge on any atom is 0.339 e. The molecule has 0 bridgehead atoms. The molecule has 35 heavy (non-hydrogen) atoms. The topological polar surface area (TPSA) is 96.5 Å². The van der Waals surface area contributed by atoms with E-state index < -0.39 is 22.1 Å². The highest BCUT2D eigenvalue weighted by molar-refractivity contribution is 7.89. The number of hydrogen-bond acceptors (Lipinski definition) is 5. The van der Waals surface area contributed by atoms with Crippen molar-refractivity contribution in [3.05, 3.63) is 102 Å². The van der Waals surface area contributed by atoms with Gasteiger partial charge in [0, 0.05) is 41.3 Å². The van der Waals surface area contributed by atoms with Gasteiger partial charge in [-0.15, -0.1) is 0 Å². The molecule has 0 aliphatic rings. The van der Waals surface area contributed by atoms with Crippen LogP contribution in [-0.2, 0) is 14.8 Å². The van der Waals surface area contributed by atoms with E-state index in [1.54, 1.807) is 44.3 Å². The van der Waals surface area contributed by atoms with Crippen molar-refractivity contribution in [2.24, 2.45) is 0 Å². The number of fused-ring (bicyclic) bond motifs is 1. The minimum atomic E-state index is -3.65. The first-order valence-corrected chi connectivity index (χ1v) is 12.8. The van der Waals surface area contributed by atoms with Crippen molar-refractivity contribution in [3.63, 3.8) is 0 Å². The molecule has 1 atom stereocenters. The summed E-state index contributed by atoms with van der Waals surface area (Å²) in [5, 5.41) is 0.737. The van der Waals surface area contributed by atoms with E-state index in [1.807, 2.05) is 30.3 Å². The highest BCUT2D eigenvalue weighted by atomic mass is 32.2. The molecule has 0 aliphatic heterocycles. The van der Waals surface area contributed by atoms with Crippen LogP contribution < -0.4 is 0 Å². The van der Waals surface area contributed by atoms with Crippen molar-refractivity contribution in [1.82, 2.24) is 9.29 Å². The Bertz CT molecular complexity index is 1440. The number of ether oxygens (including phenoxy) is 1. The van der Waals surface area contributed by atoms with E-state index in [-0.39, 0.29) is 16.2 Å². The Balaban J connectivity index is 1.63. The Labute approximate surface area is 204 Å². The number of sulfonamides is 1. The molecule has 0 radical (unpaired) electrons. The fourth-order valence-corrected chi connectivity index (χ4v) is 5.43. The number of nitrogens with one attached hydrogen (secondary N) is 1. The zero-order chi connectivity index (χ0) is 25.0. The minimum absolute atomic E-state index is 0.0900. The quantitative estimate of drug-likeness (QED) is 0.264.